The van der Waals surface area contributed by atoms with E-state index < -0.39 is 6.10 Å². The highest BCUT2D eigenvalue weighted by Crippen LogP contribution is 2.28. The first kappa shape index (κ1) is 20.1. The van der Waals surface area contributed by atoms with E-state index >= 15 is 0 Å². The maximum atomic E-state index is 12.5. The molecule has 1 amide bonds. The van der Waals surface area contributed by atoms with Crippen molar-refractivity contribution in [1.82, 2.24) is 10.6 Å². The minimum Gasteiger partial charge on any atom is -0.481 e. The first-order valence-electron chi connectivity index (χ1n) is 9.15. The van der Waals surface area contributed by atoms with E-state index in [1.807, 2.05) is 25.1 Å². The van der Waals surface area contributed by atoms with Gasteiger partial charge in [-0.3, -0.25) is 4.79 Å². The number of halogens is 1. The topological polar surface area (TPSA) is 50.4 Å². The van der Waals surface area contributed by atoms with Gasteiger partial charge in [0.1, 0.15) is 5.75 Å². The maximum absolute atomic E-state index is 12.5. The molecule has 3 unspecified atom stereocenters. The fourth-order valence-corrected chi connectivity index (χ4v) is 3.79. The number of hydrogen-bond donors (Lipinski definition) is 2. The summed E-state index contributed by atoms with van der Waals surface area (Å²) >= 11 is 0. The highest BCUT2D eigenvalue weighted by Gasteiger charge is 2.34. The number of nitrogens with one attached hydrogen (secondary N) is 2. The van der Waals surface area contributed by atoms with Gasteiger partial charge in [0.05, 0.1) is 0 Å². The van der Waals surface area contributed by atoms with Gasteiger partial charge in [0.25, 0.3) is 5.91 Å². The zero-order chi connectivity index (χ0) is 17.3. The van der Waals surface area contributed by atoms with Gasteiger partial charge in [0, 0.05) is 18.1 Å². The van der Waals surface area contributed by atoms with Crippen LogP contribution in [0.3, 0.4) is 0 Å². The van der Waals surface area contributed by atoms with Crippen molar-refractivity contribution in [3.05, 3.63) is 29.8 Å². The van der Waals surface area contributed by atoms with Gasteiger partial charge in [0.2, 0.25) is 0 Å². The molecule has 2 aliphatic rings. The molecule has 2 N–H and O–H groups in total. The smallest absolute Gasteiger partial charge is 0.260 e. The summed E-state index contributed by atoms with van der Waals surface area (Å²) in [4.78, 5) is 12.5. The monoisotopic (exact) mass is 366 g/mol. The molecule has 2 saturated heterocycles. The lowest BCUT2D eigenvalue weighted by Crippen LogP contribution is -2.50. The molecule has 140 valence electrons. The molecule has 0 spiro atoms. The Hall–Kier alpha value is -1.26. The van der Waals surface area contributed by atoms with Gasteiger partial charge in [-0.1, -0.05) is 32.9 Å². The summed E-state index contributed by atoms with van der Waals surface area (Å²) in [5, 5.41) is 6.78. The van der Waals surface area contributed by atoms with Crippen molar-refractivity contribution in [2.75, 3.05) is 0 Å². The van der Waals surface area contributed by atoms with Crippen molar-refractivity contribution in [1.29, 1.82) is 0 Å². The normalized spacial score (nSPS) is 26.5. The second kappa shape index (κ2) is 7.96. The average molecular weight is 367 g/mol. The van der Waals surface area contributed by atoms with Crippen LogP contribution in [0.5, 0.6) is 5.75 Å². The highest BCUT2D eigenvalue weighted by molar-refractivity contribution is 5.85. The molecule has 1 aromatic carbocycles. The first-order valence-corrected chi connectivity index (χ1v) is 9.15. The Morgan fingerprint density at radius 3 is 2.48 bits per heavy atom. The number of piperidine rings is 1. The molecular weight excluding hydrogens is 336 g/mol. The number of carbonyl (C=O) groups is 1. The fourth-order valence-electron chi connectivity index (χ4n) is 3.79. The number of carbonyl (C=O) groups excluding carboxylic acids is 1. The minimum absolute atomic E-state index is 0. The Kier molecular flexibility index (Phi) is 6.39. The van der Waals surface area contributed by atoms with Crippen LogP contribution in [0.4, 0.5) is 0 Å². The molecule has 0 saturated carbocycles. The molecule has 3 rings (SSSR count). The Morgan fingerprint density at radius 2 is 1.88 bits per heavy atom. The van der Waals surface area contributed by atoms with Crippen molar-refractivity contribution in [3.8, 4) is 5.75 Å². The molecule has 1 aromatic rings. The zero-order valence-corrected chi connectivity index (χ0v) is 16.5. The van der Waals surface area contributed by atoms with E-state index in [0.29, 0.717) is 12.1 Å². The summed E-state index contributed by atoms with van der Waals surface area (Å²) in [6.45, 7) is 8.35. The molecule has 2 heterocycles. The van der Waals surface area contributed by atoms with Crippen LogP contribution in [0.25, 0.3) is 0 Å². The van der Waals surface area contributed by atoms with Gasteiger partial charge in [-0.05, 0) is 55.7 Å². The predicted molar refractivity (Wildman–Crippen MR) is 104 cm³/mol. The fraction of sp³-hybridized carbons (Fsp3) is 0.650. The van der Waals surface area contributed by atoms with Crippen molar-refractivity contribution >= 4 is 18.3 Å². The van der Waals surface area contributed by atoms with E-state index in [0.717, 1.165) is 18.6 Å². The van der Waals surface area contributed by atoms with E-state index in [1.54, 1.807) is 0 Å². The van der Waals surface area contributed by atoms with Crippen LogP contribution in [-0.2, 0) is 10.2 Å². The van der Waals surface area contributed by atoms with Crippen molar-refractivity contribution < 1.29 is 9.53 Å². The SMILES string of the molecule is CC(Oc1cccc(C(C)(C)C)c1)C(=O)NC1CC2CCC(C1)N2.Cl. The van der Waals surface area contributed by atoms with Crippen LogP contribution in [0.2, 0.25) is 0 Å². The lowest BCUT2D eigenvalue weighted by atomic mass is 9.87. The average Bonchev–Trinajstić information content (AvgIpc) is 2.85. The number of amides is 1. The lowest BCUT2D eigenvalue weighted by Gasteiger charge is -2.30. The third-order valence-corrected chi connectivity index (χ3v) is 5.20. The van der Waals surface area contributed by atoms with E-state index in [-0.39, 0.29) is 29.8 Å². The van der Waals surface area contributed by atoms with Crippen LogP contribution in [0.1, 0.15) is 58.9 Å². The van der Waals surface area contributed by atoms with Crippen LogP contribution in [0.15, 0.2) is 24.3 Å². The number of hydrogen-bond acceptors (Lipinski definition) is 3. The third-order valence-electron chi connectivity index (χ3n) is 5.20. The predicted octanol–water partition coefficient (Wildman–Crippen LogP) is 3.57. The second-order valence-electron chi connectivity index (χ2n) is 8.35. The first-order chi connectivity index (χ1) is 11.3. The van der Waals surface area contributed by atoms with E-state index in [1.165, 1.54) is 18.4 Å². The maximum Gasteiger partial charge on any atom is 0.260 e. The summed E-state index contributed by atoms with van der Waals surface area (Å²) in [7, 11) is 0. The molecular formula is C20H31ClN2O2. The Balaban J connectivity index is 0.00000225. The molecule has 0 aliphatic carbocycles. The number of benzene rings is 1. The molecule has 0 aromatic heterocycles. The molecule has 2 aliphatic heterocycles. The quantitative estimate of drug-likeness (QED) is 0.856. The number of fused-ring (bicyclic) bond motifs is 2. The zero-order valence-electron chi connectivity index (χ0n) is 15.7. The van der Waals surface area contributed by atoms with Crippen LogP contribution < -0.4 is 15.4 Å². The van der Waals surface area contributed by atoms with E-state index in [2.05, 4.69) is 37.5 Å². The van der Waals surface area contributed by atoms with Gasteiger partial charge in [0.15, 0.2) is 6.10 Å². The molecule has 5 heteroatoms. The summed E-state index contributed by atoms with van der Waals surface area (Å²) in [5.74, 6) is 0.748. The summed E-state index contributed by atoms with van der Waals surface area (Å²) in [5.41, 5.74) is 1.28. The number of ether oxygens (including phenoxy) is 1. The number of rotatable bonds is 4. The van der Waals surface area contributed by atoms with E-state index in [9.17, 15) is 4.79 Å². The van der Waals surface area contributed by atoms with Crippen molar-refractivity contribution in [3.63, 3.8) is 0 Å². The van der Waals surface area contributed by atoms with Gasteiger partial charge < -0.3 is 15.4 Å². The summed E-state index contributed by atoms with van der Waals surface area (Å²) in [6, 6.07) is 9.48. The highest BCUT2D eigenvalue weighted by atomic mass is 35.5. The molecule has 4 nitrogen and oxygen atoms in total. The Bertz CT molecular complexity index is 588. The van der Waals surface area contributed by atoms with Crippen LogP contribution in [-0.4, -0.2) is 30.1 Å². The van der Waals surface area contributed by atoms with Crippen LogP contribution >= 0.6 is 12.4 Å². The molecule has 25 heavy (non-hydrogen) atoms. The summed E-state index contributed by atoms with van der Waals surface area (Å²) < 4.78 is 5.90. The van der Waals surface area contributed by atoms with Gasteiger partial charge in [-0.2, -0.15) is 0 Å². The van der Waals surface area contributed by atoms with Crippen molar-refractivity contribution in [2.24, 2.45) is 0 Å². The van der Waals surface area contributed by atoms with Gasteiger partial charge >= 0.3 is 0 Å². The third kappa shape index (κ3) is 5.11. The van der Waals surface area contributed by atoms with Crippen LogP contribution in [0, 0.1) is 0 Å². The molecule has 2 fully saturated rings. The molecule has 2 bridgehead atoms. The Morgan fingerprint density at radius 1 is 1.24 bits per heavy atom. The van der Waals surface area contributed by atoms with Crippen molar-refractivity contribution in [2.45, 2.75) is 83.0 Å². The largest absolute Gasteiger partial charge is 0.481 e. The lowest BCUT2D eigenvalue weighted by molar-refractivity contribution is -0.128. The standard InChI is InChI=1S/C20H30N2O2.ClH/c1-13(24-18-7-5-6-14(10-18)20(2,3)4)19(23)22-17-11-15-8-9-16(12-17)21-15;/h5-7,10,13,15-17,21H,8-9,11-12H2,1-4H3,(H,22,23);1H. The molecule has 0 radical (unpaired) electrons. The van der Waals surface area contributed by atoms with Gasteiger partial charge in [-0.25, -0.2) is 0 Å². The Labute approximate surface area is 157 Å². The second-order valence-corrected chi connectivity index (χ2v) is 8.35. The van der Waals surface area contributed by atoms with Gasteiger partial charge in [-0.15, -0.1) is 12.4 Å². The van der Waals surface area contributed by atoms with E-state index in [4.69, 9.17) is 4.74 Å². The minimum atomic E-state index is -0.479. The molecule has 3 atom stereocenters. The summed E-state index contributed by atoms with van der Waals surface area (Å²) in [6.07, 6.45) is 4.07.